The summed E-state index contributed by atoms with van der Waals surface area (Å²) in [4.78, 5) is 8.94. The standard InChI is InChI=1S/C17H26N6/c1-3-18-17(21-12-9-16-8-4-5-10-19-16)20-11-6-7-15-13-22-23(2)14-15/h4-5,8,10,13-14H,3,6-7,9,11-12H2,1-2H3,(H2,18,20,21). The van der Waals surface area contributed by atoms with Crippen LogP contribution in [-0.4, -0.2) is 40.4 Å². The van der Waals surface area contributed by atoms with Crippen LogP contribution >= 0.6 is 0 Å². The van der Waals surface area contributed by atoms with Crippen LogP contribution in [0.15, 0.2) is 41.8 Å². The fourth-order valence-electron chi connectivity index (χ4n) is 2.27. The van der Waals surface area contributed by atoms with E-state index in [1.54, 1.807) is 0 Å². The fourth-order valence-corrected chi connectivity index (χ4v) is 2.27. The van der Waals surface area contributed by atoms with Crippen LogP contribution < -0.4 is 10.6 Å². The Hall–Kier alpha value is -2.37. The van der Waals surface area contributed by atoms with Crippen LogP contribution in [0.3, 0.4) is 0 Å². The Morgan fingerprint density at radius 2 is 2.17 bits per heavy atom. The van der Waals surface area contributed by atoms with Gasteiger partial charge in [0.1, 0.15) is 0 Å². The van der Waals surface area contributed by atoms with Crippen molar-refractivity contribution < 1.29 is 0 Å². The molecule has 2 aromatic rings. The Bertz CT molecular complexity index is 590. The molecule has 6 nitrogen and oxygen atoms in total. The van der Waals surface area contributed by atoms with Gasteiger partial charge in [-0.3, -0.25) is 14.7 Å². The van der Waals surface area contributed by atoms with Crippen LogP contribution in [-0.2, 0) is 19.9 Å². The molecule has 0 bridgehead atoms. The molecule has 0 saturated heterocycles. The predicted molar refractivity (Wildman–Crippen MR) is 93.5 cm³/mol. The fraction of sp³-hybridized carbons (Fsp3) is 0.471. The van der Waals surface area contributed by atoms with Gasteiger partial charge in [0, 0.05) is 51.2 Å². The van der Waals surface area contributed by atoms with Gasteiger partial charge in [-0.05, 0) is 37.5 Å². The minimum absolute atomic E-state index is 0.799. The van der Waals surface area contributed by atoms with Crippen molar-refractivity contribution in [2.45, 2.75) is 26.2 Å². The Morgan fingerprint density at radius 3 is 2.87 bits per heavy atom. The summed E-state index contributed by atoms with van der Waals surface area (Å²) in [6.45, 7) is 4.56. The molecule has 0 atom stereocenters. The lowest BCUT2D eigenvalue weighted by molar-refractivity contribution is 0.761. The number of hydrogen-bond acceptors (Lipinski definition) is 3. The zero-order chi connectivity index (χ0) is 16.3. The number of pyridine rings is 1. The van der Waals surface area contributed by atoms with Crippen molar-refractivity contribution in [1.29, 1.82) is 0 Å². The topological polar surface area (TPSA) is 67.1 Å². The van der Waals surface area contributed by atoms with E-state index < -0.39 is 0 Å². The van der Waals surface area contributed by atoms with Gasteiger partial charge in [0.05, 0.1) is 6.20 Å². The second kappa shape index (κ2) is 9.61. The molecule has 0 amide bonds. The van der Waals surface area contributed by atoms with Gasteiger partial charge in [-0.1, -0.05) is 6.07 Å². The van der Waals surface area contributed by atoms with E-state index in [-0.39, 0.29) is 0 Å². The summed E-state index contributed by atoms with van der Waals surface area (Å²) >= 11 is 0. The van der Waals surface area contributed by atoms with Crippen LogP contribution in [0.5, 0.6) is 0 Å². The van der Waals surface area contributed by atoms with E-state index in [1.165, 1.54) is 5.56 Å². The maximum Gasteiger partial charge on any atom is 0.191 e. The van der Waals surface area contributed by atoms with Crippen molar-refractivity contribution in [3.8, 4) is 0 Å². The third-order valence-corrected chi connectivity index (χ3v) is 3.40. The molecule has 6 heteroatoms. The summed E-state index contributed by atoms with van der Waals surface area (Å²) < 4.78 is 1.84. The second-order valence-electron chi connectivity index (χ2n) is 5.38. The normalized spacial score (nSPS) is 11.5. The monoisotopic (exact) mass is 314 g/mol. The number of nitrogens with one attached hydrogen (secondary N) is 2. The third-order valence-electron chi connectivity index (χ3n) is 3.40. The molecule has 2 rings (SSSR count). The Labute approximate surface area is 138 Å². The maximum atomic E-state index is 4.61. The summed E-state index contributed by atoms with van der Waals surface area (Å²) in [5.74, 6) is 0.870. The molecule has 124 valence electrons. The van der Waals surface area contributed by atoms with Crippen LogP contribution in [0.4, 0.5) is 0 Å². The van der Waals surface area contributed by atoms with Crippen LogP contribution in [0.2, 0.25) is 0 Å². The number of guanidine groups is 1. The minimum Gasteiger partial charge on any atom is -0.357 e. The van der Waals surface area contributed by atoms with E-state index in [1.807, 2.05) is 42.3 Å². The van der Waals surface area contributed by atoms with Crippen LogP contribution in [0.1, 0.15) is 24.6 Å². The summed E-state index contributed by atoms with van der Waals surface area (Å²) in [7, 11) is 1.94. The number of aliphatic imine (C=N–C) groups is 1. The maximum absolute atomic E-state index is 4.61. The van der Waals surface area contributed by atoms with Crippen molar-refractivity contribution >= 4 is 5.96 Å². The summed E-state index contributed by atoms with van der Waals surface area (Å²) in [6.07, 6.45) is 8.71. The molecule has 0 spiro atoms. The highest BCUT2D eigenvalue weighted by Crippen LogP contribution is 2.00. The number of nitrogens with zero attached hydrogens (tertiary/aromatic N) is 4. The van der Waals surface area contributed by atoms with Gasteiger partial charge in [0.25, 0.3) is 0 Å². The zero-order valence-corrected chi connectivity index (χ0v) is 14.0. The number of aromatic nitrogens is 3. The molecular formula is C17H26N6. The second-order valence-corrected chi connectivity index (χ2v) is 5.38. The first kappa shape index (κ1) is 17.0. The Kier molecular flexibility index (Phi) is 7.10. The molecule has 2 aromatic heterocycles. The lowest BCUT2D eigenvalue weighted by atomic mass is 10.2. The zero-order valence-electron chi connectivity index (χ0n) is 14.0. The SMILES string of the molecule is CCNC(=NCCCc1cnn(C)c1)NCCc1ccccn1. The van der Waals surface area contributed by atoms with Gasteiger partial charge >= 0.3 is 0 Å². The largest absolute Gasteiger partial charge is 0.357 e. The van der Waals surface area contributed by atoms with Gasteiger partial charge in [-0.25, -0.2) is 0 Å². The van der Waals surface area contributed by atoms with Crippen LogP contribution in [0, 0.1) is 0 Å². The molecule has 2 heterocycles. The van der Waals surface area contributed by atoms with E-state index >= 15 is 0 Å². The predicted octanol–water partition coefficient (Wildman–Crippen LogP) is 1.55. The smallest absolute Gasteiger partial charge is 0.191 e. The lowest BCUT2D eigenvalue weighted by Crippen LogP contribution is -2.38. The van der Waals surface area contributed by atoms with E-state index in [4.69, 9.17) is 0 Å². The van der Waals surface area contributed by atoms with Gasteiger partial charge in [0.2, 0.25) is 0 Å². The highest BCUT2D eigenvalue weighted by Gasteiger charge is 1.99. The quantitative estimate of drug-likeness (QED) is 0.441. The average Bonchev–Trinajstić information content (AvgIpc) is 2.98. The van der Waals surface area contributed by atoms with E-state index in [9.17, 15) is 0 Å². The molecular weight excluding hydrogens is 288 g/mol. The molecule has 0 saturated carbocycles. The van der Waals surface area contributed by atoms with Crippen molar-refractivity contribution in [2.75, 3.05) is 19.6 Å². The van der Waals surface area contributed by atoms with Crippen molar-refractivity contribution in [3.05, 3.63) is 48.0 Å². The molecule has 0 fully saturated rings. The minimum atomic E-state index is 0.799. The molecule has 0 aliphatic rings. The number of aryl methyl sites for hydroxylation is 2. The van der Waals surface area contributed by atoms with Gasteiger partial charge in [-0.2, -0.15) is 5.10 Å². The molecule has 0 aliphatic heterocycles. The first-order chi connectivity index (χ1) is 11.3. The molecule has 0 aliphatic carbocycles. The summed E-state index contributed by atoms with van der Waals surface area (Å²) in [5.41, 5.74) is 2.35. The lowest BCUT2D eigenvalue weighted by Gasteiger charge is -2.11. The number of hydrogen-bond donors (Lipinski definition) is 2. The molecule has 23 heavy (non-hydrogen) atoms. The Balaban J connectivity index is 1.71. The van der Waals surface area contributed by atoms with Crippen LogP contribution in [0.25, 0.3) is 0 Å². The van der Waals surface area contributed by atoms with Crippen molar-refractivity contribution in [3.63, 3.8) is 0 Å². The summed E-state index contributed by atoms with van der Waals surface area (Å²) in [5, 5.41) is 10.8. The summed E-state index contributed by atoms with van der Waals surface area (Å²) in [6, 6.07) is 5.99. The van der Waals surface area contributed by atoms with E-state index in [0.717, 1.165) is 50.6 Å². The first-order valence-corrected chi connectivity index (χ1v) is 8.17. The highest BCUT2D eigenvalue weighted by atomic mass is 15.2. The van der Waals surface area contributed by atoms with E-state index in [0.29, 0.717) is 0 Å². The van der Waals surface area contributed by atoms with E-state index in [2.05, 4.69) is 38.8 Å². The van der Waals surface area contributed by atoms with Crippen molar-refractivity contribution in [2.24, 2.45) is 12.0 Å². The number of rotatable bonds is 8. The average molecular weight is 314 g/mol. The third kappa shape index (κ3) is 6.50. The molecule has 0 aromatic carbocycles. The molecule has 2 N–H and O–H groups in total. The highest BCUT2D eigenvalue weighted by molar-refractivity contribution is 5.79. The first-order valence-electron chi connectivity index (χ1n) is 8.17. The molecule has 0 radical (unpaired) electrons. The van der Waals surface area contributed by atoms with Gasteiger partial charge in [0.15, 0.2) is 5.96 Å². The van der Waals surface area contributed by atoms with Gasteiger partial charge in [-0.15, -0.1) is 0 Å². The Morgan fingerprint density at radius 1 is 1.26 bits per heavy atom. The molecule has 0 unspecified atom stereocenters. The van der Waals surface area contributed by atoms with Gasteiger partial charge < -0.3 is 10.6 Å². The van der Waals surface area contributed by atoms with Crippen molar-refractivity contribution in [1.82, 2.24) is 25.4 Å².